The molecule has 14 nitrogen and oxygen atoms in total. The molecular weight excluding hydrogens is 614 g/mol. The number of nitrogen functional groups attached to an aromatic ring is 1. The number of H-pyrrole nitrogens is 1. The van der Waals surface area contributed by atoms with Gasteiger partial charge in [-0.3, -0.25) is 18.9 Å². The SMILES string of the molecule is Nc1nc2c(ncn2[C@@H]2O[C@H](COP(=O)(O)O)[C@@H](O)[C@H]2O)c(=O)[nH]1.Oc1c(Cl)c(Cl)c(Cl)c(Cl)c1Cl. The van der Waals surface area contributed by atoms with Gasteiger partial charge in [-0.05, 0) is 0 Å². The third-order valence-corrected chi connectivity index (χ3v) is 7.40. The summed E-state index contributed by atoms with van der Waals surface area (Å²) in [6.07, 6.45) is -4.22. The molecule has 36 heavy (non-hydrogen) atoms. The van der Waals surface area contributed by atoms with Gasteiger partial charge in [0.2, 0.25) is 5.95 Å². The maximum absolute atomic E-state index is 11.7. The molecule has 198 valence electrons. The molecule has 2 aromatic heterocycles. The highest BCUT2D eigenvalue weighted by molar-refractivity contribution is 7.46. The Morgan fingerprint density at radius 1 is 1.08 bits per heavy atom. The van der Waals surface area contributed by atoms with Gasteiger partial charge >= 0.3 is 7.82 Å². The number of phosphoric acid groups is 1. The van der Waals surface area contributed by atoms with Crippen LogP contribution < -0.4 is 11.3 Å². The summed E-state index contributed by atoms with van der Waals surface area (Å²) in [5.41, 5.74) is 4.84. The van der Waals surface area contributed by atoms with E-state index in [1.807, 2.05) is 0 Å². The van der Waals surface area contributed by atoms with Crippen molar-refractivity contribution < 1.29 is 38.9 Å². The van der Waals surface area contributed by atoms with Crippen LogP contribution in [0.5, 0.6) is 5.75 Å². The number of aliphatic hydroxyl groups excluding tert-OH is 2. The third kappa shape index (κ3) is 6.01. The number of phosphoric ester groups is 1. The zero-order chi connectivity index (χ0) is 27.1. The molecule has 20 heteroatoms. The number of aromatic nitrogens is 4. The maximum Gasteiger partial charge on any atom is 0.469 e. The Morgan fingerprint density at radius 2 is 1.64 bits per heavy atom. The normalized spacial score (nSPS) is 22.0. The van der Waals surface area contributed by atoms with Crippen LogP contribution >= 0.6 is 65.8 Å². The van der Waals surface area contributed by atoms with E-state index in [-0.39, 0.29) is 48.0 Å². The second kappa shape index (κ2) is 11.2. The number of rotatable bonds is 4. The molecule has 1 saturated heterocycles. The van der Waals surface area contributed by atoms with Crippen LogP contribution in [-0.2, 0) is 13.8 Å². The highest BCUT2D eigenvalue weighted by Crippen LogP contribution is 2.47. The highest BCUT2D eigenvalue weighted by Gasteiger charge is 2.45. The number of aromatic hydroxyl groups is 1. The van der Waals surface area contributed by atoms with Crippen molar-refractivity contribution in [3.8, 4) is 5.75 Å². The number of aliphatic hydroxyl groups is 2. The molecule has 1 fully saturated rings. The van der Waals surface area contributed by atoms with Crippen molar-refractivity contribution in [3.05, 3.63) is 41.8 Å². The van der Waals surface area contributed by atoms with E-state index in [1.165, 1.54) is 10.9 Å². The van der Waals surface area contributed by atoms with E-state index < -0.39 is 44.5 Å². The third-order valence-electron chi connectivity index (χ3n) is 4.66. The van der Waals surface area contributed by atoms with Crippen LogP contribution in [0.25, 0.3) is 11.2 Å². The molecule has 8 N–H and O–H groups in total. The molecule has 3 heterocycles. The highest BCUT2D eigenvalue weighted by atomic mass is 35.5. The van der Waals surface area contributed by atoms with Crippen LogP contribution in [0, 0.1) is 0 Å². The van der Waals surface area contributed by atoms with Crippen molar-refractivity contribution in [1.29, 1.82) is 0 Å². The van der Waals surface area contributed by atoms with Crippen LogP contribution in [0.15, 0.2) is 11.1 Å². The topological polar surface area (TPSA) is 226 Å². The molecule has 0 aliphatic carbocycles. The van der Waals surface area contributed by atoms with Gasteiger partial charge in [-0.25, -0.2) is 9.55 Å². The summed E-state index contributed by atoms with van der Waals surface area (Å²) in [4.78, 5) is 39.1. The molecule has 1 aromatic carbocycles. The summed E-state index contributed by atoms with van der Waals surface area (Å²) >= 11 is 27.9. The minimum atomic E-state index is -4.76. The minimum absolute atomic E-state index is 0.00904. The van der Waals surface area contributed by atoms with Crippen LogP contribution in [-0.4, -0.2) is 69.5 Å². The lowest BCUT2D eigenvalue weighted by Crippen LogP contribution is -2.33. The molecule has 0 unspecified atom stereocenters. The van der Waals surface area contributed by atoms with Crippen molar-refractivity contribution in [2.45, 2.75) is 24.5 Å². The van der Waals surface area contributed by atoms with E-state index in [0.717, 1.165) is 0 Å². The number of hydrogen-bond donors (Lipinski definition) is 7. The molecule has 1 aliphatic heterocycles. The first-order valence-electron chi connectivity index (χ1n) is 9.28. The van der Waals surface area contributed by atoms with E-state index in [9.17, 15) is 24.7 Å². The van der Waals surface area contributed by atoms with Crippen molar-refractivity contribution in [1.82, 2.24) is 19.5 Å². The van der Waals surface area contributed by atoms with Gasteiger partial charge in [-0.1, -0.05) is 58.0 Å². The number of halogens is 5. The largest absolute Gasteiger partial charge is 0.505 e. The number of phenolic OH excluding ortho intramolecular Hbond substituents is 1. The van der Waals surface area contributed by atoms with Crippen LogP contribution in [0.1, 0.15) is 6.23 Å². The van der Waals surface area contributed by atoms with Gasteiger partial charge < -0.3 is 35.6 Å². The van der Waals surface area contributed by atoms with Gasteiger partial charge in [-0.15, -0.1) is 0 Å². The molecular formula is C16H15Cl5N5O9P. The fourth-order valence-electron chi connectivity index (χ4n) is 2.99. The summed E-state index contributed by atoms with van der Waals surface area (Å²) in [5.74, 6) is -0.540. The predicted octanol–water partition coefficient (Wildman–Crippen LogP) is 2.09. The molecule has 0 amide bonds. The lowest BCUT2D eigenvalue weighted by Gasteiger charge is -2.16. The monoisotopic (exact) mass is 627 g/mol. The molecule has 0 saturated carbocycles. The number of hydrogen-bond acceptors (Lipinski definition) is 10. The Balaban J connectivity index is 0.000000253. The summed E-state index contributed by atoms with van der Waals surface area (Å²) < 4.78 is 21.6. The molecule has 3 aromatic rings. The van der Waals surface area contributed by atoms with Gasteiger partial charge in [0.1, 0.15) is 28.4 Å². The second-order valence-corrected chi connectivity index (χ2v) is 10.2. The summed E-state index contributed by atoms with van der Waals surface area (Å²) in [7, 11) is -4.76. The van der Waals surface area contributed by atoms with Gasteiger partial charge in [-0.2, -0.15) is 4.98 Å². The molecule has 0 spiro atoms. The number of phenols is 1. The summed E-state index contributed by atoms with van der Waals surface area (Å²) in [6, 6.07) is 0. The number of nitrogens with two attached hydrogens (primary N) is 1. The number of imidazole rings is 1. The molecule has 4 rings (SSSR count). The maximum atomic E-state index is 11.7. The van der Waals surface area contributed by atoms with Crippen LogP contribution in [0.4, 0.5) is 5.95 Å². The van der Waals surface area contributed by atoms with Gasteiger partial charge in [0.05, 0.1) is 28.0 Å². The number of aromatic amines is 1. The number of anilines is 1. The van der Waals surface area contributed by atoms with Gasteiger partial charge in [0, 0.05) is 0 Å². The van der Waals surface area contributed by atoms with Gasteiger partial charge in [0.15, 0.2) is 23.1 Å². The number of nitrogens with one attached hydrogen (secondary N) is 1. The molecule has 1 aliphatic rings. The quantitative estimate of drug-likeness (QED) is 0.125. The van der Waals surface area contributed by atoms with Crippen molar-refractivity contribution in [2.75, 3.05) is 12.3 Å². The second-order valence-electron chi connectivity index (χ2n) is 7.03. The number of benzene rings is 1. The van der Waals surface area contributed by atoms with Crippen molar-refractivity contribution >= 4 is 82.9 Å². The average molecular weight is 630 g/mol. The Hall–Kier alpha value is -1.39. The number of fused-ring (bicyclic) bond motifs is 1. The Kier molecular flexibility index (Phi) is 9.04. The lowest BCUT2D eigenvalue weighted by molar-refractivity contribution is -0.0503. The molecule has 0 bridgehead atoms. The van der Waals surface area contributed by atoms with E-state index in [2.05, 4.69) is 19.5 Å². The first-order valence-corrected chi connectivity index (χ1v) is 12.7. The van der Waals surface area contributed by atoms with E-state index in [0.29, 0.717) is 0 Å². The first-order chi connectivity index (χ1) is 16.6. The van der Waals surface area contributed by atoms with Gasteiger partial charge in [0.25, 0.3) is 5.56 Å². The smallest absolute Gasteiger partial charge is 0.469 e. The minimum Gasteiger partial charge on any atom is -0.505 e. The fraction of sp³-hybridized carbons (Fsp3) is 0.312. The summed E-state index contributed by atoms with van der Waals surface area (Å²) in [6.45, 7) is -0.651. The molecule has 4 atom stereocenters. The average Bonchev–Trinajstić information content (AvgIpc) is 3.34. The zero-order valence-corrected chi connectivity index (χ0v) is 21.9. The van der Waals surface area contributed by atoms with Crippen molar-refractivity contribution in [3.63, 3.8) is 0 Å². The Bertz CT molecular complexity index is 1290. The van der Waals surface area contributed by atoms with E-state index >= 15 is 0 Å². The number of ether oxygens (including phenoxy) is 1. The van der Waals surface area contributed by atoms with E-state index in [4.69, 9.17) is 78.3 Å². The standard InChI is InChI=1S/C10H14N5O8P.C6HCl5O/c11-10-13-7-4(8(18)14-10)12-2-15(7)9-6(17)5(16)3(23-9)1-22-24(19,20)21;7-1-2(8)4(10)6(12)5(11)3(1)9/h2-3,5-6,9,16-17H,1H2,(H2,19,20,21)(H3,11,13,14,18);12H/t3-,5-,6-,9-;/m1./s1. The summed E-state index contributed by atoms with van der Waals surface area (Å²) in [5, 5.41) is 29.1. The van der Waals surface area contributed by atoms with Crippen LogP contribution in [0.2, 0.25) is 25.1 Å². The zero-order valence-electron chi connectivity index (χ0n) is 17.2. The number of nitrogens with zero attached hydrogens (tertiary/aromatic N) is 3. The van der Waals surface area contributed by atoms with Crippen molar-refractivity contribution in [2.24, 2.45) is 0 Å². The predicted molar refractivity (Wildman–Crippen MR) is 130 cm³/mol. The first kappa shape index (κ1) is 29.2. The fourth-order valence-corrected chi connectivity index (χ4v) is 4.46. The van der Waals surface area contributed by atoms with E-state index in [1.54, 1.807) is 0 Å². The molecule has 0 radical (unpaired) electrons. The Labute approximate surface area is 225 Å². The Morgan fingerprint density at radius 3 is 2.19 bits per heavy atom. The van der Waals surface area contributed by atoms with Crippen LogP contribution in [0.3, 0.4) is 0 Å². The lowest BCUT2D eigenvalue weighted by atomic mass is 10.1.